The highest BCUT2D eigenvalue weighted by atomic mass is 16.5. The van der Waals surface area contributed by atoms with Crippen LogP contribution in [-0.4, -0.2) is 78.7 Å². The van der Waals surface area contributed by atoms with Crippen LogP contribution in [0.2, 0.25) is 0 Å². The van der Waals surface area contributed by atoms with Crippen LogP contribution in [0.25, 0.3) is 0 Å². The van der Waals surface area contributed by atoms with E-state index in [0.717, 1.165) is 30.8 Å². The number of nitrogens with zero attached hydrogens (tertiary/aromatic N) is 3. The molecule has 3 rings (SSSR count). The average Bonchev–Trinajstić information content (AvgIpc) is 2.93. The zero-order chi connectivity index (χ0) is 21.0. The predicted octanol–water partition coefficient (Wildman–Crippen LogP) is 2.74. The zero-order valence-corrected chi connectivity index (χ0v) is 18.0. The fraction of sp³-hybridized carbons (Fsp3) is 0.636. The van der Waals surface area contributed by atoms with Gasteiger partial charge in [0.05, 0.1) is 20.3 Å². The topological polar surface area (TPSA) is 62.3 Å². The van der Waals surface area contributed by atoms with Crippen molar-refractivity contribution in [1.82, 2.24) is 14.7 Å². The Hall–Kier alpha value is -2.12. The lowest BCUT2D eigenvalue weighted by Gasteiger charge is -2.43. The lowest BCUT2D eigenvalue weighted by atomic mass is 9.85. The van der Waals surface area contributed by atoms with Gasteiger partial charge in [0.25, 0.3) is 5.91 Å². The van der Waals surface area contributed by atoms with Crippen LogP contribution in [0, 0.1) is 0 Å². The first kappa shape index (κ1) is 21.6. The predicted molar refractivity (Wildman–Crippen MR) is 111 cm³/mol. The monoisotopic (exact) mass is 403 g/mol. The van der Waals surface area contributed by atoms with Crippen molar-refractivity contribution >= 4 is 11.9 Å². The molecular weight excluding hydrogens is 370 g/mol. The molecule has 0 bridgehead atoms. The van der Waals surface area contributed by atoms with Crippen LogP contribution in [0.15, 0.2) is 24.3 Å². The van der Waals surface area contributed by atoms with Crippen molar-refractivity contribution in [3.05, 3.63) is 29.8 Å². The minimum atomic E-state index is -0.752. The number of imide groups is 1. The molecule has 2 heterocycles. The number of hydrogen-bond acceptors (Lipinski definition) is 5. The number of benzene rings is 1. The van der Waals surface area contributed by atoms with Gasteiger partial charge in [-0.05, 0) is 43.9 Å². The van der Waals surface area contributed by atoms with Gasteiger partial charge in [0.15, 0.2) is 0 Å². The molecule has 1 aromatic rings. The van der Waals surface area contributed by atoms with Gasteiger partial charge < -0.3 is 19.3 Å². The molecular formula is C22H33N3O4. The lowest BCUT2D eigenvalue weighted by molar-refractivity contribution is -0.136. The third kappa shape index (κ3) is 4.12. The van der Waals surface area contributed by atoms with Crippen LogP contribution in [0.3, 0.4) is 0 Å². The molecule has 7 nitrogen and oxygen atoms in total. The molecule has 0 unspecified atom stereocenters. The summed E-state index contributed by atoms with van der Waals surface area (Å²) in [5, 5.41) is 0. The highest BCUT2D eigenvalue weighted by Crippen LogP contribution is 2.38. The number of carbonyl (C=O) groups is 2. The second-order valence-electron chi connectivity index (χ2n) is 7.99. The highest BCUT2D eigenvalue weighted by molar-refractivity contribution is 6.07. The SMILES string of the molecule is CC[C@H](C)N1CCC2(CC1)C(=O)N(Cc1cccc(OC)c1)C(=O)N2CCOC. The molecule has 2 aliphatic rings. The molecule has 7 heteroatoms. The van der Waals surface area contributed by atoms with E-state index in [1.807, 2.05) is 24.3 Å². The number of carbonyl (C=O) groups excluding carboxylic acids is 2. The largest absolute Gasteiger partial charge is 0.497 e. The summed E-state index contributed by atoms with van der Waals surface area (Å²) in [4.78, 5) is 32.4. The van der Waals surface area contributed by atoms with Crippen LogP contribution in [0.4, 0.5) is 4.79 Å². The maximum absolute atomic E-state index is 13.5. The van der Waals surface area contributed by atoms with Crippen molar-refractivity contribution in [2.75, 3.05) is 40.5 Å². The van der Waals surface area contributed by atoms with Gasteiger partial charge in [0.2, 0.25) is 0 Å². The Labute approximate surface area is 173 Å². The Bertz CT molecular complexity index is 731. The normalized spacial score (nSPS) is 20.6. The summed E-state index contributed by atoms with van der Waals surface area (Å²) < 4.78 is 10.5. The van der Waals surface area contributed by atoms with Gasteiger partial charge >= 0.3 is 6.03 Å². The molecule has 0 aromatic heterocycles. The number of likely N-dealkylation sites (tertiary alicyclic amines) is 1. The third-order valence-corrected chi connectivity index (χ3v) is 6.45. The minimum absolute atomic E-state index is 0.0785. The molecule has 2 aliphatic heterocycles. The fourth-order valence-electron chi connectivity index (χ4n) is 4.44. The van der Waals surface area contributed by atoms with Crippen LogP contribution >= 0.6 is 0 Å². The van der Waals surface area contributed by atoms with Crippen LogP contribution in [-0.2, 0) is 16.1 Å². The quantitative estimate of drug-likeness (QED) is 0.625. The number of urea groups is 1. The Kier molecular flexibility index (Phi) is 6.80. The Balaban J connectivity index is 1.83. The van der Waals surface area contributed by atoms with Gasteiger partial charge in [0.1, 0.15) is 11.3 Å². The Morgan fingerprint density at radius 3 is 2.52 bits per heavy atom. The smallest absolute Gasteiger partial charge is 0.328 e. The first-order chi connectivity index (χ1) is 14.0. The second kappa shape index (κ2) is 9.13. The summed E-state index contributed by atoms with van der Waals surface area (Å²) in [5.41, 5.74) is 0.130. The van der Waals surface area contributed by atoms with Crippen molar-refractivity contribution in [2.45, 2.75) is 51.2 Å². The van der Waals surface area contributed by atoms with E-state index in [-0.39, 0.29) is 18.5 Å². The van der Waals surface area contributed by atoms with Gasteiger partial charge in [-0.1, -0.05) is 19.1 Å². The van der Waals surface area contributed by atoms with E-state index >= 15 is 0 Å². The van der Waals surface area contributed by atoms with Gasteiger partial charge in [-0.2, -0.15) is 0 Å². The standard InChI is InChI=1S/C22H33N3O4/c1-5-17(2)23-11-9-22(10-12-23)20(26)24(21(27)25(22)13-14-28-3)16-18-7-6-8-19(15-18)29-4/h6-8,15,17H,5,9-14,16H2,1-4H3/t17-/m0/s1. The Morgan fingerprint density at radius 2 is 1.90 bits per heavy atom. The lowest BCUT2D eigenvalue weighted by Crippen LogP contribution is -2.58. The summed E-state index contributed by atoms with van der Waals surface area (Å²) in [7, 11) is 3.23. The highest BCUT2D eigenvalue weighted by Gasteiger charge is 2.57. The van der Waals surface area contributed by atoms with Crippen molar-refractivity contribution in [3.63, 3.8) is 0 Å². The number of piperidine rings is 1. The molecule has 160 valence electrons. The van der Waals surface area contributed by atoms with E-state index in [2.05, 4.69) is 18.7 Å². The number of rotatable bonds is 8. The minimum Gasteiger partial charge on any atom is -0.497 e. The fourth-order valence-corrected chi connectivity index (χ4v) is 4.44. The second-order valence-corrected chi connectivity index (χ2v) is 7.99. The molecule has 1 spiro atoms. The van der Waals surface area contributed by atoms with Crippen molar-refractivity contribution < 1.29 is 19.1 Å². The molecule has 29 heavy (non-hydrogen) atoms. The summed E-state index contributed by atoms with van der Waals surface area (Å²) in [6.07, 6.45) is 2.41. The molecule has 0 N–H and O–H groups in total. The number of methoxy groups -OCH3 is 2. The maximum Gasteiger partial charge on any atom is 0.328 e. The van der Waals surface area contributed by atoms with Gasteiger partial charge in [-0.3, -0.25) is 9.69 Å². The van der Waals surface area contributed by atoms with Crippen LogP contribution in [0.5, 0.6) is 5.75 Å². The van der Waals surface area contributed by atoms with E-state index in [1.54, 1.807) is 19.1 Å². The molecule has 1 atom stereocenters. The molecule has 2 fully saturated rings. The first-order valence-electron chi connectivity index (χ1n) is 10.5. The van der Waals surface area contributed by atoms with Gasteiger partial charge in [-0.25, -0.2) is 4.79 Å². The summed E-state index contributed by atoms with van der Waals surface area (Å²) >= 11 is 0. The van der Waals surface area contributed by atoms with Gasteiger partial charge in [-0.15, -0.1) is 0 Å². The van der Waals surface area contributed by atoms with Crippen molar-refractivity contribution in [3.8, 4) is 5.75 Å². The van der Waals surface area contributed by atoms with E-state index < -0.39 is 5.54 Å². The molecule has 0 saturated carbocycles. The number of amides is 3. The van der Waals surface area contributed by atoms with Crippen molar-refractivity contribution in [1.29, 1.82) is 0 Å². The summed E-state index contributed by atoms with van der Waals surface area (Å²) in [6, 6.07) is 7.79. The molecule has 3 amide bonds. The Morgan fingerprint density at radius 1 is 1.17 bits per heavy atom. The van der Waals surface area contributed by atoms with Crippen LogP contribution < -0.4 is 4.74 Å². The zero-order valence-electron chi connectivity index (χ0n) is 18.0. The first-order valence-corrected chi connectivity index (χ1v) is 10.5. The maximum atomic E-state index is 13.5. The van der Waals surface area contributed by atoms with E-state index in [4.69, 9.17) is 9.47 Å². The average molecular weight is 404 g/mol. The number of hydrogen-bond donors (Lipinski definition) is 0. The molecule has 1 aromatic carbocycles. The van der Waals surface area contributed by atoms with E-state index in [1.165, 1.54) is 4.90 Å². The molecule has 2 saturated heterocycles. The van der Waals surface area contributed by atoms with E-state index in [0.29, 0.717) is 32.0 Å². The third-order valence-electron chi connectivity index (χ3n) is 6.45. The van der Waals surface area contributed by atoms with Gasteiger partial charge in [0, 0.05) is 32.8 Å². The summed E-state index contributed by atoms with van der Waals surface area (Å²) in [6.45, 7) is 7.16. The van der Waals surface area contributed by atoms with Crippen molar-refractivity contribution in [2.24, 2.45) is 0 Å². The molecule has 0 aliphatic carbocycles. The molecule has 0 radical (unpaired) electrons. The van der Waals surface area contributed by atoms with Crippen LogP contribution in [0.1, 0.15) is 38.7 Å². The van der Waals surface area contributed by atoms with E-state index in [9.17, 15) is 9.59 Å². The summed E-state index contributed by atoms with van der Waals surface area (Å²) in [5.74, 6) is 0.639. The number of ether oxygens (including phenoxy) is 2.